The third-order valence-electron chi connectivity index (χ3n) is 18.6. The molecule has 9 aromatic heterocycles. The number of para-hydroxylation sites is 3. The Morgan fingerprint density at radius 3 is 0.840 bits per heavy atom. The van der Waals surface area contributed by atoms with E-state index in [-0.39, 0.29) is 77.0 Å². The number of hydrogen-bond acceptors (Lipinski definition) is 8. The predicted octanol–water partition coefficient (Wildman–Crippen LogP) is 27.1. The van der Waals surface area contributed by atoms with Crippen LogP contribution in [0.1, 0.15) is 5.56 Å². The van der Waals surface area contributed by atoms with Crippen molar-refractivity contribution in [2.24, 2.45) is 0 Å². The summed E-state index contributed by atoms with van der Waals surface area (Å²) >= 11 is 0. The summed E-state index contributed by atoms with van der Waals surface area (Å²) in [7, 11) is 3.70. The number of aromatic nitrogens is 9. The van der Waals surface area contributed by atoms with Crippen molar-refractivity contribution in [3.05, 3.63) is 541 Å². The Hall–Kier alpha value is -15.0. The fraction of sp³-hybridized carbons (Fsp3) is 0. The molecule has 0 spiro atoms. The molecule has 0 aliphatic rings. The molecular weight excluding hydrogens is 2170 g/mol. The molecule has 9 heterocycles. The van der Waals surface area contributed by atoms with E-state index in [4.69, 9.17) is 0 Å². The third kappa shape index (κ3) is 29.8. The van der Waals surface area contributed by atoms with Crippen molar-refractivity contribution >= 4 is 32.7 Å². The minimum Gasteiger partial charge on any atom is -0.321 e. The second kappa shape index (κ2) is 52.4. The van der Waals surface area contributed by atoms with Crippen LogP contribution in [0.15, 0.2) is 438 Å². The van der Waals surface area contributed by atoms with Crippen LogP contribution in [0.3, 0.4) is 0 Å². The first kappa shape index (κ1) is 98.2. The zero-order valence-corrected chi connectivity index (χ0v) is 77.0. The molecule has 18 heteroatoms. The zero-order chi connectivity index (χ0) is 88.7. The number of fused-ring (bicyclic) bond motifs is 3. The predicted molar refractivity (Wildman–Crippen MR) is 498 cm³/mol. The molecule has 0 unspecified atom stereocenters. The molecule has 0 amide bonds. The minimum absolute atomic E-state index is 0. The maximum atomic E-state index is 13.4. The Kier molecular flexibility index (Phi) is 39.3. The van der Waals surface area contributed by atoms with Gasteiger partial charge in [-0.1, -0.05) is 193 Å². The topological polar surface area (TPSA) is 107 Å². The van der Waals surface area contributed by atoms with Gasteiger partial charge in [0.1, 0.15) is 5.69 Å². The van der Waals surface area contributed by atoms with Crippen LogP contribution in [0, 0.1) is 97.4 Å². The van der Waals surface area contributed by atoms with Crippen LogP contribution in [0.25, 0.3) is 134 Å². The molecule has 0 aliphatic heterocycles. The summed E-state index contributed by atoms with van der Waals surface area (Å²) in [6, 6.07) is 146. The number of halogens is 6. The van der Waals surface area contributed by atoms with Crippen LogP contribution in [0.4, 0.5) is 26.3 Å². The summed E-state index contributed by atoms with van der Waals surface area (Å²) in [5, 5.41) is 3.51. The van der Waals surface area contributed by atoms with Gasteiger partial charge >= 0.3 is 40.2 Å². The van der Waals surface area contributed by atoms with Gasteiger partial charge in [0.05, 0.1) is 22.7 Å². The number of pyridine rings is 9. The van der Waals surface area contributed by atoms with Crippen LogP contribution in [0.2, 0.25) is 0 Å². The van der Waals surface area contributed by atoms with E-state index in [0.717, 1.165) is 126 Å². The van der Waals surface area contributed by atoms with Crippen molar-refractivity contribution in [1.29, 1.82) is 0 Å². The standard InChI is InChI=1S/3C15H10N.C12H8F2N.C12H10N.2C11H6F2N.2C11H8N.3Ir/c3*1-2-6-12(7-3-1)15-11-10-13-8-4-5-9-14(13)16-15;1-15-7-3-2-4-12(15)10-6-5-9(13)8-11(10)14;1-10-6-2-3-7-11(10)12-8-4-5-9-13-12;2*12-8-4-5-9(10(13)7-8)11-3-1-2-6-14-11;2*1-2-6-10(7-3-1)11-8-4-5-9-12-11;;;/h3*1-6,8-11H;2-5,7-8H,1H2;2-9H,1H2;2*1-4,6-7H;2*1-6,8-9H;;;/q9*-1;;2*+3. The first-order valence-electron chi connectivity index (χ1n) is 40.2. The smallest absolute Gasteiger partial charge is 0.321 e. The quantitative estimate of drug-likeness (QED) is 0.0799. The van der Waals surface area contributed by atoms with Gasteiger partial charge in [0.15, 0.2) is 0 Å². The first-order chi connectivity index (χ1) is 62.8. The van der Waals surface area contributed by atoms with Gasteiger partial charge in [-0.05, 0) is 122 Å². The van der Waals surface area contributed by atoms with E-state index in [1.807, 2.05) is 273 Å². The third-order valence-corrected chi connectivity index (χ3v) is 18.6. The van der Waals surface area contributed by atoms with Crippen molar-refractivity contribution in [2.45, 2.75) is 0 Å². The van der Waals surface area contributed by atoms with Gasteiger partial charge in [0.2, 0.25) is 0 Å². The number of rotatable bonds is 9. The van der Waals surface area contributed by atoms with E-state index in [9.17, 15) is 26.3 Å². The Bertz CT molecular complexity index is 6460. The number of hydrogen-bond donors (Lipinski definition) is 0. The average molecular weight is 2250 g/mol. The molecule has 131 heavy (non-hydrogen) atoms. The summed E-state index contributed by atoms with van der Waals surface area (Å²) in [6.45, 7) is 3.96. The second-order valence-electron chi connectivity index (χ2n) is 27.5. The largest absolute Gasteiger partial charge is 3.00 e. The molecule has 21 aromatic rings. The number of benzene rings is 12. The van der Waals surface area contributed by atoms with Crippen molar-refractivity contribution in [2.75, 3.05) is 0 Å². The van der Waals surface area contributed by atoms with Crippen LogP contribution in [0.5, 0.6) is 0 Å². The molecule has 0 fully saturated rings. The molecule has 1 radical (unpaired) electrons. The zero-order valence-electron chi connectivity index (χ0n) is 69.8. The Morgan fingerprint density at radius 1 is 0.252 bits per heavy atom. The summed E-state index contributed by atoms with van der Waals surface area (Å²) in [4.78, 5) is 34.4. The average Bonchev–Trinajstić information content (AvgIpc) is 0.838. The molecule has 0 saturated heterocycles. The van der Waals surface area contributed by atoms with Crippen LogP contribution >= 0.6 is 0 Å². The van der Waals surface area contributed by atoms with E-state index < -0.39 is 34.9 Å². The van der Waals surface area contributed by atoms with Gasteiger partial charge in [-0.2, -0.15) is 18.6 Å². The summed E-state index contributed by atoms with van der Waals surface area (Å²) in [6.07, 6.45) is 10.2. The van der Waals surface area contributed by atoms with E-state index in [1.54, 1.807) is 91.8 Å². The molecule has 12 aromatic carbocycles. The maximum Gasteiger partial charge on any atom is 3.00 e. The van der Waals surface area contributed by atoms with Gasteiger partial charge in [0, 0.05) is 98.7 Å². The molecule has 0 bridgehead atoms. The summed E-state index contributed by atoms with van der Waals surface area (Å²) in [5.41, 5.74) is 18.3. The first-order valence-corrected chi connectivity index (χ1v) is 40.2. The van der Waals surface area contributed by atoms with Crippen molar-refractivity contribution in [3.8, 4) is 101 Å². The molecule has 0 N–H and O–H groups in total. The molecule has 0 atom stereocenters. The van der Waals surface area contributed by atoms with Gasteiger partial charge in [-0.3, -0.25) is 46.3 Å². The van der Waals surface area contributed by atoms with Gasteiger partial charge in [-0.15, -0.1) is 234 Å². The van der Waals surface area contributed by atoms with Gasteiger partial charge in [0.25, 0.3) is 0 Å². The van der Waals surface area contributed by atoms with E-state index >= 15 is 0 Å². The SMILES string of the molecule is Fc1c[c-]c(-c2ccccn2)c(F)c1.Fc1c[c-]c(-c2ccccn2)c(F)c1.[CH2-][n+]1ccccc1-c1[c-]cc(F)cc1F.[CH2-]c1ccccc1-c1ccccn1.[Ir+3].[Ir+3].[Ir].[c-]1ccccc1-c1ccc2ccccc2n1.[c-]1ccccc1-c1ccc2ccccc2n1.[c-]1ccccc1-c1ccc2ccccc2n1.[c-]1ccccc1-c1ccccn1.[c-]1ccccc1-c1ccccn1. The van der Waals surface area contributed by atoms with Crippen LogP contribution < -0.4 is 4.57 Å². The fourth-order valence-electron chi connectivity index (χ4n) is 12.4. The molecule has 0 aliphatic carbocycles. The second-order valence-corrected chi connectivity index (χ2v) is 27.5. The van der Waals surface area contributed by atoms with E-state index in [0.29, 0.717) is 17.1 Å². The molecule has 9 nitrogen and oxygen atoms in total. The fourth-order valence-corrected chi connectivity index (χ4v) is 12.4. The molecular formula is C113H76F6Ir3N9-3. The summed E-state index contributed by atoms with van der Waals surface area (Å²) < 4.78 is 79.2. The molecule has 0 saturated carbocycles. The molecule has 645 valence electrons. The Labute approximate surface area is 799 Å². The van der Waals surface area contributed by atoms with E-state index in [1.165, 1.54) is 20.7 Å². The maximum absolute atomic E-state index is 13.4. The monoisotopic (exact) mass is 2250 g/mol. The normalized spacial score (nSPS) is 9.94. The van der Waals surface area contributed by atoms with Crippen molar-refractivity contribution < 1.29 is 91.2 Å². The molecule has 21 rings (SSSR count). The Morgan fingerprint density at radius 2 is 0.534 bits per heavy atom. The number of nitrogens with zero attached hydrogens (tertiary/aromatic N) is 9. The minimum atomic E-state index is -0.649. The Balaban J connectivity index is 0.000000153. The van der Waals surface area contributed by atoms with Crippen LogP contribution in [-0.2, 0) is 60.3 Å². The van der Waals surface area contributed by atoms with Gasteiger partial charge in [-0.25, -0.2) is 0 Å². The van der Waals surface area contributed by atoms with Crippen molar-refractivity contribution in [3.63, 3.8) is 0 Å². The van der Waals surface area contributed by atoms with Crippen LogP contribution in [-0.4, -0.2) is 39.9 Å². The summed E-state index contributed by atoms with van der Waals surface area (Å²) in [5.74, 6) is -3.85. The van der Waals surface area contributed by atoms with Gasteiger partial charge < -0.3 is 24.5 Å². The van der Waals surface area contributed by atoms with E-state index in [2.05, 4.69) is 139 Å². The van der Waals surface area contributed by atoms with Crippen molar-refractivity contribution in [1.82, 2.24) is 39.9 Å².